The Morgan fingerprint density at radius 1 is 1.24 bits per heavy atom. The van der Waals surface area contributed by atoms with Crippen LogP contribution < -0.4 is 20.3 Å². The van der Waals surface area contributed by atoms with Gasteiger partial charge in [0.1, 0.15) is 6.54 Å². The molecule has 0 bridgehead atoms. The zero-order valence-corrected chi connectivity index (χ0v) is 13.9. The van der Waals surface area contributed by atoms with Gasteiger partial charge in [0.15, 0.2) is 11.5 Å². The van der Waals surface area contributed by atoms with Gasteiger partial charge in [-0.25, -0.2) is 4.98 Å². The highest BCUT2D eigenvalue weighted by atomic mass is 16.5. The van der Waals surface area contributed by atoms with Crippen molar-refractivity contribution in [2.24, 2.45) is 0 Å². The third-order valence-electron chi connectivity index (χ3n) is 3.57. The number of nitrogens with one attached hydrogen (secondary N) is 1. The number of hydrogen-bond acceptors (Lipinski definition) is 6. The van der Waals surface area contributed by atoms with Crippen LogP contribution in [0.5, 0.6) is 11.5 Å². The number of nitrogens with zero attached hydrogens (tertiary/aromatic N) is 2. The highest BCUT2D eigenvalue weighted by Gasteiger charge is 2.11. The van der Waals surface area contributed by atoms with Crippen LogP contribution in [0.4, 0.5) is 0 Å². The third-order valence-corrected chi connectivity index (χ3v) is 3.57. The van der Waals surface area contributed by atoms with Crippen molar-refractivity contribution >= 4 is 22.8 Å². The van der Waals surface area contributed by atoms with Crippen LogP contribution in [0.15, 0.2) is 23.3 Å². The standard InChI is InChI=1S/C16H19N3O6/c1-24-12-6-10-11(7-13(12)25-2)18-9-19(16(10)23)5-3-4-14(20)17-8-15(21)22/h6-7,9H,3-5,8H2,1-2H3,(H,17,20)(H,21,22). The number of ether oxygens (including phenoxy) is 2. The van der Waals surface area contributed by atoms with Crippen molar-refractivity contribution < 1.29 is 24.2 Å². The van der Waals surface area contributed by atoms with Gasteiger partial charge in [-0.2, -0.15) is 0 Å². The minimum Gasteiger partial charge on any atom is -0.493 e. The maximum absolute atomic E-state index is 12.5. The summed E-state index contributed by atoms with van der Waals surface area (Å²) in [6, 6.07) is 3.19. The predicted molar refractivity (Wildman–Crippen MR) is 89.0 cm³/mol. The van der Waals surface area contributed by atoms with Crippen LogP contribution >= 0.6 is 0 Å². The summed E-state index contributed by atoms with van der Waals surface area (Å²) in [5.74, 6) is -0.572. The molecule has 1 heterocycles. The molecule has 1 amide bonds. The van der Waals surface area contributed by atoms with Crippen LogP contribution in [0.25, 0.3) is 10.9 Å². The Labute approximate surface area is 143 Å². The van der Waals surface area contributed by atoms with Crippen molar-refractivity contribution in [3.63, 3.8) is 0 Å². The van der Waals surface area contributed by atoms with E-state index in [9.17, 15) is 14.4 Å². The average molecular weight is 349 g/mol. The number of carbonyl (C=O) groups is 2. The quantitative estimate of drug-likeness (QED) is 0.707. The van der Waals surface area contributed by atoms with E-state index >= 15 is 0 Å². The lowest BCUT2D eigenvalue weighted by Crippen LogP contribution is -2.29. The molecule has 2 aromatic rings. The first-order valence-electron chi connectivity index (χ1n) is 7.56. The van der Waals surface area contributed by atoms with Crippen LogP contribution in [0.1, 0.15) is 12.8 Å². The van der Waals surface area contributed by atoms with E-state index in [1.165, 1.54) is 25.1 Å². The Morgan fingerprint density at radius 3 is 2.56 bits per heavy atom. The summed E-state index contributed by atoms with van der Waals surface area (Å²) < 4.78 is 11.8. The van der Waals surface area contributed by atoms with Crippen molar-refractivity contribution in [3.8, 4) is 11.5 Å². The Balaban J connectivity index is 2.12. The van der Waals surface area contributed by atoms with Gasteiger partial charge in [0.2, 0.25) is 5.91 Å². The molecule has 0 fully saturated rings. The van der Waals surface area contributed by atoms with Gasteiger partial charge in [0.05, 0.1) is 31.4 Å². The van der Waals surface area contributed by atoms with Crippen LogP contribution in [-0.2, 0) is 16.1 Å². The van der Waals surface area contributed by atoms with Gasteiger partial charge in [0, 0.05) is 19.0 Å². The number of aryl methyl sites for hydroxylation is 1. The summed E-state index contributed by atoms with van der Waals surface area (Å²) in [7, 11) is 2.98. The molecule has 25 heavy (non-hydrogen) atoms. The van der Waals surface area contributed by atoms with E-state index in [2.05, 4.69) is 10.3 Å². The number of aliphatic carboxylic acids is 1. The molecule has 2 rings (SSSR count). The largest absolute Gasteiger partial charge is 0.493 e. The van der Waals surface area contributed by atoms with Gasteiger partial charge in [-0.1, -0.05) is 0 Å². The minimum atomic E-state index is -1.10. The van der Waals surface area contributed by atoms with Gasteiger partial charge in [0.25, 0.3) is 5.56 Å². The van der Waals surface area contributed by atoms with Crippen molar-refractivity contribution in [1.82, 2.24) is 14.9 Å². The van der Waals surface area contributed by atoms with Crippen LogP contribution in [0.3, 0.4) is 0 Å². The Morgan fingerprint density at radius 2 is 1.92 bits per heavy atom. The summed E-state index contributed by atoms with van der Waals surface area (Å²) in [5, 5.41) is 11.1. The number of carboxylic acid groups (broad SMARTS) is 1. The fourth-order valence-electron chi connectivity index (χ4n) is 2.32. The van der Waals surface area contributed by atoms with Crippen molar-refractivity contribution in [1.29, 1.82) is 0 Å². The first-order chi connectivity index (χ1) is 12.0. The molecule has 1 aromatic heterocycles. The number of fused-ring (bicyclic) bond motifs is 1. The van der Waals surface area contributed by atoms with E-state index in [4.69, 9.17) is 14.6 Å². The maximum atomic E-state index is 12.5. The van der Waals surface area contributed by atoms with E-state index in [1.54, 1.807) is 12.1 Å². The van der Waals surface area contributed by atoms with Gasteiger partial charge in [-0.15, -0.1) is 0 Å². The highest BCUT2D eigenvalue weighted by Crippen LogP contribution is 2.29. The second-order valence-electron chi connectivity index (χ2n) is 5.24. The minimum absolute atomic E-state index is 0.115. The van der Waals surface area contributed by atoms with Crippen molar-refractivity contribution in [2.75, 3.05) is 20.8 Å². The second-order valence-corrected chi connectivity index (χ2v) is 5.24. The second kappa shape index (κ2) is 8.13. The van der Waals surface area contributed by atoms with E-state index in [-0.39, 0.29) is 24.4 Å². The Hall–Kier alpha value is -3.10. The first kappa shape index (κ1) is 18.2. The van der Waals surface area contributed by atoms with E-state index in [1.807, 2.05) is 0 Å². The van der Waals surface area contributed by atoms with E-state index in [0.717, 1.165) is 0 Å². The fraction of sp³-hybridized carbons (Fsp3) is 0.375. The molecule has 0 saturated carbocycles. The lowest BCUT2D eigenvalue weighted by atomic mass is 10.2. The van der Waals surface area contributed by atoms with Crippen LogP contribution in [0, 0.1) is 0 Å². The van der Waals surface area contributed by atoms with Gasteiger partial charge in [-0.3, -0.25) is 19.0 Å². The predicted octanol–water partition coefficient (Wildman–Crippen LogP) is 0.395. The number of rotatable bonds is 8. The number of benzene rings is 1. The number of aromatic nitrogens is 2. The maximum Gasteiger partial charge on any atom is 0.322 e. The van der Waals surface area contributed by atoms with Crippen LogP contribution in [-0.4, -0.2) is 47.3 Å². The Bertz CT molecular complexity index is 846. The normalized spacial score (nSPS) is 10.5. The summed E-state index contributed by atoms with van der Waals surface area (Å²) in [4.78, 5) is 38.6. The topological polar surface area (TPSA) is 120 Å². The average Bonchev–Trinajstić information content (AvgIpc) is 2.60. The SMILES string of the molecule is COc1cc2ncn(CCCC(=O)NCC(=O)O)c(=O)c2cc1OC. The smallest absolute Gasteiger partial charge is 0.322 e. The molecule has 0 saturated heterocycles. The lowest BCUT2D eigenvalue weighted by molar-refractivity contribution is -0.137. The van der Waals surface area contributed by atoms with E-state index in [0.29, 0.717) is 28.8 Å². The number of carbonyl (C=O) groups excluding carboxylic acids is 1. The van der Waals surface area contributed by atoms with Crippen molar-refractivity contribution in [2.45, 2.75) is 19.4 Å². The highest BCUT2D eigenvalue weighted by molar-refractivity contribution is 5.82. The molecule has 9 nitrogen and oxygen atoms in total. The van der Waals surface area contributed by atoms with Gasteiger partial charge >= 0.3 is 5.97 Å². The zero-order valence-electron chi connectivity index (χ0n) is 13.9. The summed E-state index contributed by atoms with van der Waals surface area (Å²) in [6.07, 6.45) is 1.90. The van der Waals surface area contributed by atoms with E-state index < -0.39 is 12.5 Å². The molecule has 134 valence electrons. The molecule has 0 unspecified atom stereocenters. The van der Waals surface area contributed by atoms with Gasteiger partial charge < -0.3 is 19.9 Å². The monoisotopic (exact) mass is 349 g/mol. The molecule has 0 spiro atoms. The molecule has 0 atom stereocenters. The Kier molecular flexibility index (Phi) is 5.93. The van der Waals surface area contributed by atoms with Crippen LogP contribution in [0.2, 0.25) is 0 Å². The molecule has 0 radical (unpaired) electrons. The number of carboxylic acids is 1. The zero-order chi connectivity index (χ0) is 18.4. The third kappa shape index (κ3) is 4.46. The molecular weight excluding hydrogens is 330 g/mol. The molecule has 0 aliphatic rings. The molecule has 0 aliphatic heterocycles. The summed E-state index contributed by atoms with van der Waals surface area (Å²) in [5.41, 5.74) is 0.231. The molecular formula is C16H19N3O6. The lowest BCUT2D eigenvalue weighted by Gasteiger charge is -2.10. The summed E-state index contributed by atoms with van der Waals surface area (Å²) in [6.45, 7) is -0.130. The summed E-state index contributed by atoms with van der Waals surface area (Å²) >= 11 is 0. The van der Waals surface area contributed by atoms with Crippen molar-refractivity contribution in [3.05, 3.63) is 28.8 Å². The first-order valence-corrected chi connectivity index (χ1v) is 7.56. The number of methoxy groups -OCH3 is 2. The molecule has 0 aliphatic carbocycles. The molecule has 2 N–H and O–H groups in total. The fourth-order valence-corrected chi connectivity index (χ4v) is 2.32. The molecule has 9 heteroatoms. The number of amides is 1. The van der Waals surface area contributed by atoms with Gasteiger partial charge in [-0.05, 0) is 12.5 Å². The number of hydrogen-bond donors (Lipinski definition) is 2. The molecule has 1 aromatic carbocycles.